The fraction of sp³-hybridized carbons (Fsp3) is 0.500. The molecular formula is C10H7N5O5S. The highest BCUT2D eigenvalue weighted by Crippen LogP contribution is 2.40. The van der Waals surface area contributed by atoms with Gasteiger partial charge < -0.3 is 14.2 Å². The van der Waals surface area contributed by atoms with Gasteiger partial charge in [0.2, 0.25) is 0 Å². The summed E-state index contributed by atoms with van der Waals surface area (Å²) in [6.07, 6.45) is -2.07. The number of fused-ring (bicyclic) bond motifs is 6. The second-order valence-corrected chi connectivity index (χ2v) is 5.39. The number of nitrogens with zero attached hydrogens (tertiary/aromatic N) is 4. The molecule has 3 aliphatic heterocycles. The molecule has 5 heterocycles. The van der Waals surface area contributed by atoms with E-state index >= 15 is 0 Å². The average molecular weight is 309 g/mol. The minimum Gasteiger partial charge on any atom is -0.447 e. The Labute approximate surface area is 120 Å². The molecule has 2 aromatic heterocycles. The van der Waals surface area contributed by atoms with Crippen molar-refractivity contribution in [3.63, 3.8) is 0 Å². The molecule has 1 N–H and O–H groups in total. The third-order valence-corrected chi connectivity index (χ3v) is 4.14. The lowest BCUT2D eigenvalue weighted by molar-refractivity contribution is -0.0436. The largest absolute Gasteiger partial charge is 0.447 e. The van der Waals surface area contributed by atoms with E-state index in [0.29, 0.717) is 12.2 Å². The number of thiocarbonyl (C=S) groups is 1. The Hall–Kier alpha value is -2.27. The summed E-state index contributed by atoms with van der Waals surface area (Å²) in [6, 6.07) is 0. The maximum absolute atomic E-state index is 12.2. The van der Waals surface area contributed by atoms with Crippen LogP contribution in [0.1, 0.15) is 6.23 Å². The lowest BCUT2D eigenvalue weighted by atomic mass is 10.1. The molecule has 2 saturated heterocycles. The Bertz CT molecular complexity index is 915. The molecule has 2 bridgehead atoms. The van der Waals surface area contributed by atoms with Gasteiger partial charge in [0.1, 0.15) is 6.10 Å². The van der Waals surface area contributed by atoms with Gasteiger partial charge in [0.15, 0.2) is 29.6 Å². The van der Waals surface area contributed by atoms with E-state index in [0.717, 1.165) is 0 Å². The van der Waals surface area contributed by atoms with E-state index in [9.17, 15) is 9.59 Å². The molecule has 0 amide bonds. The van der Waals surface area contributed by atoms with Gasteiger partial charge in [0.05, 0.1) is 6.54 Å². The van der Waals surface area contributed by atoms with E-state index in [-0.39, 0.29) is 16.9 Å². The SMILES string of the molecule is O=c1[nH]c(=O)n2c3c1nnn3C[C@H]1O[C@@H]2[C@@H]2OC(=S)O[C@@H]21. The summed E-state index contributed by atoms with van der Waals surface area (Å²) in [5.41, 5.74) is -0.783. The highest BCUT2D eigenvalue weighted by Gasteiger charge is 2.56. The minimum absolute atomic E-state index is 0.0367. The van der Waals surface area contributed by atoms with Crippen molar-refractivity contribution in [2.75, 3.05) is 0 Å². The molecule has 4 atom stereocenters. The molecule has 0 aromatic carbocycles. The first-order chi connectivity index (χ1) is 10.1. The summed E-state index contributed by atoms with van der Waals surface area (Å²) in [5.74, 6) is 0. The van der Waals surface area contributed by atoms with Gasteiger partial charge in [-0.25, -0.2) is 14.0 Å². The van der Waals surface area contributed by atoms with Gasteiger partial charge in [-0.15, -0.1) is 5.10 Å². The van der Waals surface area contributed by atoms with Crippen LogP contribution in [0.3, 0.4) is 0 Å². The normalized spacial score (nSPS) is 32.7. The molecule has 3 aliphatic rings. The van der Waals surface area contributed by atoms with E-state index < -0.39 is 29.7 Å². The quantitative estimate of drug-likeness (QED) is 0.571. The zero-order valence-corrected chi connectivity index (χ0v) is 11.1. The van der Waals surface area contributed by atoms with Crippen molar-refractivity contribution < 1.29 is 14.2 Å². The van der Waals surface area contributed by atoms with Crippen LogP contribution < -0.4 is 11.2 Å². The first-order valence-electron chi connectivity index (χ1n) is 6.24. The highest BCUT2D eigenvalue weighted by atomic mass is 32.1. The number of hydrogen-bond acceptors (Lipinski definition) is 8. The number of rotatable bonds is 0. The van der Waals surface area contributed by atoms with E-state index in [4.69, 9.17) is 26.4 Å². The molecule has 10 nitrogen and oxygen atoms in total. The van der Waals surface area contributed by atoms with Crippen molar-refractivity contribution in [3.8, 4) is 0 Å². The van der Waals surface area contributed by atoms with E-state index in [1.165, 1.54) is 9.25 Å². The van der Waals surface area contributed by atoms with Crippen LogP contribution in [0, 0.1) is 0 Å². The van der Waals surface area contributed by atoms with Crippen molar-refractivity contribution in [2.45, 2.75) is 31.1 Å². The number of nitrogens with one attached hydrogen (secondary N) is 1. The Kier molecular flexibility index (Phi) is 1.89. The first kappa shape index (κ1) is 11.4. The van der Waals surface area contributed by atoms with Gasteiger partial charge in [-0.05, 0) is 0 Å². The van der Waals surface area contributed by atoms with Crippen LogP contribution in [0.4, 0.5) is 0 Å². The topological polar surface area (TPSA) is 113 Å². The maximum Gasteiger partial charge on any atom is 0.353 e. The van der Waals surface area contributed by atoms with Gasteiger partial charge >= 0.3 is 10.9 Å². The molecule has 0 radical (unpaired) electrons. The second-order valence-electron chi connectivity index (χ2n) is 5.05. The van der Waals surface area contributed by atoms with E-state index in [1.807, 2.05) is 0 Å². The van der Waals surface area contributed by atoms with Crippen LogP contribution >= 0.6 is 12.2 Å². The maximum atomic E-state index is 12.2. The van der Waals surface area contributed by atoms with E-state index in [2.05, 4.69) is 15.3 Å². The summed E-state index contributed by atoms with van der Waals surface area (Å²) in [6.45, 7) is 0.295. The Balaban J connectivity index is 1.85. The van der Waals surface area contributed by atoms with Crippen molar-refractivity contribution in [1.82, 2.24) is 24.5 Å². The lowest BCUT2D eigenvalue weighted by Crippen LogP contribution is -2.39. The molecule has 21 heavy (non-hydrogen) atoms. The van der Waals surface area contributed by atoms with Crippen LogP contribution in [0.5, 0.6) is 0 Å². The summed E-state index contributed by atoms with van der Waals surface area (Å²) in [4.78, 5) is 26.2. The monoisotopic (exact) mass is 309 g/mol. The first-order valence-corrected chi connectivity index (χ1v) is 6.65. The number of aromatic amines is 1. The third kappa shape index (κ3) is 1.27. The average Bonchev–Trinajstić information content (AvgIpc) is 3.04. The predicted molar refractivity (Wildman–Crippen MR) is 68.7 cm³/mol. The standard InChI is InChI=1S/C10H7N5O5S/c16-6-3-7-14(13-12-3)1-2-4-5(20-10(21)19-4)8(18-2)15(7)9(17)11-6/h2,4-5,8H,1H2,(H,11,16,17)/t2-,4-,5-,8-/m1/s1. The third-order valence-electron chi connectivity index (χ3n) is 3.95. The molecule has 108 valence electrons. The second kappa shape index (κ2) is 3.49. The number of aromatic nitrogens is 5. The predicted octanol–water partition coefficient (Wildman–Crippen LogP) is -1.74. The van der Waals surface area contributed by atoms with Crippen molar-refractivity contribution >= 4 is 28.6 Å². The van der Waals surface area contributed by atoms with Gasteiger partial charge in [0.25, 0.3) is 5.56 Å². The van der Waals surface area contributed by atoms with Crippen LogP contribution in [-0.2, 0) is 20.8 Å². The Morgan fingerprint density at radius 1 is 1.29 bits per heavy atom. The summed E-state index contributed by atoms with van der Waals surface area (Å²) >= 11 is 4.92. The Morgan fingerprint density at radius 2 is 2.10 bits per heavy atom. The molecule has 0 spiro atoms. The number of hydrogen-bond donors (Lipinski definition) is 1. The number of ether oxygens (including phenoxy) is 3. The summed E-state index contributed by atoms with van der Waals surface area (Å²) in [5, 5.41) is 7.78. The van der Waals surface area contributed by atoms with Crippen molar-refractivity contribution in [3.05, 3.63) is 20.8 Å². The van der Waals surface area contributed by atoms with E-state index in [1.54, 1.807) is 0 Å². The van der Waals surface area contributed by atoms with Gasteiger partial charge in [-0.1, -0.05) is 5.21 Å². The molecule has 0 unspecified atom stereocenters. The van der Waals surface area contributed by atoms with Crippen molar-refractivity contribution in [1.29, 1.82) is 0 Å². The van der Waals surface area contributed by atoms with Crippen molar-refractivity contribution in [2.24, 2.45) is 0 Å². The Morgan fingerprint density at radius 3 is 2.95 bits per heavy atom. The van der Waals surface area contributed by atoms with Gasteiger partial charge in [-0.2, -0.15) is 0 Å². The molecule has 0 aliphatic carbocycles. The fourth-order valence-corrected chi connectivity index (χ4v) is 3.34. The van der Waals surface area contributed by atoms with Crippen LogP contribution in [-0.4, -0.2) is 48.1 Å². The smallest absolute Gasteiger partial charge is 0.353 e. The zero-order valence-electron chi connectivity index (χ0n) is 10.3. The van der Waals surface area contributed by atoms with Crippen LogP contribution in [0.15, 0.2) is 9.59 Å². The number of H-pyrrole nitrogens is 1. The molecular weight excluding hydrogens is 302 g/mol. The zero-order chi connectivity index (χ0) is 14.3. The van der Waals surface area contributed by atoms with Crippen LogP contribution in [0.2, 0.25) is 0 Å². The van der Waals surface area contributed by atoms with Crippen LogP contribution in [0.25, 0.3) is 11.2 Å². The molecule has 5 rings (SSSR count). The minimum atomic E-state index is -0.743. The molecule has 2 fully saturated rings. The molecule has 11 heteroatoms. The summed E-state index contributed by atoms with van der Waals surface area (Å²) in [7, 11) is 0. The lowest BCUT2D eigenvalue weighted by Gasteiger charge is -2.17. The van der Waals surface area contributed by atoms with Gasteiger partial charge in [0, 0.05) is 12.2 Å². The highest BCUT2D eigenvalue weighted by molar-refractivity contribution is 7.79. The fourth-order valence-electron chi connectivity index (χ4n) is 3.12. The molecule has 0 saturated carbocycles. The summed E-state index contributed by atoms with van der Waals surface area (Å²) < 4.78 is 19.5. The molecule has 2 aromatic rings. The van der Waals surface area contributed by atoms with Gasteiger partial charge in [-0.3, -0.25) is 9.78 Å².